The van der Waals surface area contributed by atoms with Crippen LogP contribution in [0.5, 0.6) is 0 Å². The molecule has 0 aromatic heterocycles. The second kappa shape index (κ2) is 6.24. The summed E-state index contributed by atoms with van der Waals surface area (Å²) < 4.78 is 0. The predicted molar refractivity (Wildman–Crippen MR) is 79.9 cm³/mol. The molecule has 1 amide bonds. The molecular weight excluding hydrogens is 321 g/mol. The third-order valence-electron chi connectivity index (χ3n) is 3.13. The van der Waals surface area contributed by atoms with Gasteiger partial charge in [-0.05, 0) is 37.1 Å². The predicted octanol–water partition coefficient (Wildman–Crippen LogP) is 3.31. The van der Waals surface area contributed by atoms with Gasteiger partial charge in [0, 0.05) is 4.90 Å². The van der Waals surface area contributed by atoms with E-state index < -0.39 is 17.9 Å². The Labute approximate surface area is 130 Å². The van der Waals surface area contributed by atoms with E-state index in [0.717, 1.165) is 17.7 Å². The van der Waals surface area contributed by atoms with Crippen LogP contribution in [0.4, 0.5) is 0 Å². The first-order valence-corrected chi connectivity index (χ1v) is 7.98. The number of hydrogen-bond donors (Lipinski definition) is 2. The van der Waals surface area contributed by atoms with E-state index in [-0.39, 0.29) is 16.5 Å². The largest absolute Gasteiger partial charge is 0.480 e. The number of nitrogens with one attached hydrogen (secondary N) is 1. The van der Waals surface area contributed by atoms with E-state index in [9.17, 15) is 9.59 Å². The van der Waals surface area contributed by atoms with E-state index in [1.54, 1.807) is 6.07 Å². The van der Waals surface area contributed by atoms with Crippen molar-refractivity contribution < 1.29 is 14.7 Å². The van der Waals surface area contributed by atoms with Gasteiger partial charge in [0.15, 0.2) is 0 Å². The first kappa shape index (κ1) is 15.5. The second-order valence-electron chi connectivity index (χ2n) is 4.59. The molecule has 0 radical (unpaired) electrons. The van der Waals surface area contributed by atoms with Crippen molar-refractivity contribution in [2.24, 2.45) is 5.92 Å². The SMILES string of the molecule is CSc1cc(C(=O)NC(C(=O)O)C2CC2)c(Cl)cc1Cl. The minimum atomic E-state index is -1.02. The van der Waals surface area contributed by atoms with Crippen LogP contribution >= 0.6 is 35.0 Å². The van der Waals surface area contributed by atoms with Crippen molar-refractivity contribution in [3.05, 3.63) is 27.7 Å². The van der Waals surface area contributed by atoms with Gasteiger partial charge in [0.25, 0.3) is 5.91 Å². The molecule has 4 nitrogen and oxygen atoms in total. The van der Waals surface area contributed by atoms with Gasteiger partial charge >= 0.3 is 5.97 Å². The number of carboxylic acid groups (broad SMARTS) is 1. The molecule has 108 valence electrons. The molecule has 1 aromatic rings. The summed E-state index contributed by atoms with van der Waals surface area (Å²) in [6.45, 7) is 0. The van der Waals surface area contributed by atoms with Crippen molar-refractivity contribution in [3.63, 3.8) is 0 Å². The van der Waals surface area contributed by atoms with Crippen molar-refractivity contribution in [1.82, 2.24) is 5.32 Å². The second-order valence-corrected chi connectivity index (χ2v) is 6.26. The number of carboxylic acids is 1. The number of benzene rings is 1. The zero-order chi connectivity index (χ0) is 14.9. The van der Waals surface area contributed by atoms with Crippen molar-refractivity contribution in [2.75, 3.05) is 6.26 Å². The standard InChI is InChI=1S/C13H13Cl2NO3S/c1-20-10-4-7(8(14)5-9(10)15)12(17)16-11(13(18)19)6-2-3-6/h4-6,11H,2-3H2,1H3,(H,16,17)(H,18,19). The number of amides is 1. The molecule has 1 aliphatic carbocycles. The van der Waals surface area contributed by atoms with Gasteiger partial charge < -0.3 is 10.4 Å². The number of carbonyl (C=O) groups excluding carboxylic acids is 1. The fourth-order valence-electron chi connectivity index (χ4n) is 1.89. The highest BCUT2D eigenvalue weighted by Crippen LogP contribution is 2.34. The lowest BCUT2D eigenvalue weighted by Gasteiger charge is -2.15. The molecule has 7 heteroatoms. The van der Waals surface area contributed by atoms with Crippen LogP contribution in [0.25, 0.3) is 0 Å². The highest BCUT2D eigenvalue weighted by molar-refractivity contribution is 7.98. The lowest BCUT2D eigenvalue weighted by Crippen LogP contribution is -2.42. The average Bonchev–Trinajstić information content (AvgIpc) is 3.19. The van der Waals surface area contributed by atoms with E-state index in [4.69, 9.17) is 28.3 Å². The Balaban J connectivity index is 2.22. The Bertz CT molecular complexity index is 561. The van der Waals surface area contributed by atoms with Crippen LogP contribution in [0.3, 0.4) is 0 Å². The summed E-state index contributed by atoms with van der Waals surface area (Å²) in [5.74, 6) is -1.49. The topological polar surface area (TPSA) is 66.4 Å². The number of aliphatic carboxylic acids is 1. The highest BCUT2D eigenvalue weighted by atomic mass is 35.5. The number of rotatable bonds is 5. The van der Waals surface area contributed by atoms with Gasteiger partial charge in [-0.2, -0.15) is 0 Å². The number of thioether (sulfide) groups is 1. The molecule has 0 heterocycles. The number of halogens is 2. The van der Waals surface area contributed by atoms with Crippen LogP contribution < -0.4 is 5.32 Å². The van der Waals surface area contributed by atoms with Crippen LogP contribution in [0.1, 0.15) is 23.2 Å². The van der Waals surface area contributed by atoms with Gasteiger partial charge in [-0.1, -0.05) is 23.2 Å². The lowest BCUT2D eigenvalue weighted by atomic mass is 10.1. The van der Waals surface area contributed by atoms with Gasteiger partial charge in [-0.25, -0.2) is 4.79 Å². The van der Waals surface area contributed by atoms with Crippen molar-refractivity contribution in [2.45, 2.75) is 23.8 Å². The normalized spacial score (nSPS) is 15.8. The van der Waals surface area contributed by atoms with Gasteiger partial charge in [0.05, 0.1) is 15.6 Å². The van der Waals surface area contributed by atoms with Crippen LogP contribution in [0.15, 0.2) is 17.0 Å². The van der Waals surface area contributed by atoms with Crippen LogP contribution in [0, 0.1) is 5.92 Å². The maximum absolute atomic E-state index is 12.2. The Kier molecular flexibility index (Phi) is 4.83. The lowest BCUT2D eigenvalue weighted by molar-refractivity contribution is -0.139. The van der Waals surface area contributed by atoms with Crippen molar-refractivity contribution in [3.8, 4) is 0 Å². The minimum Gasteiger partial charge on any atom is -0.480 e. The smallest absolute Gasteiger partial charge is 0.326 e. The summed E-state index contributed by atoms with van der Waals surface area (Å²) >= 11 is 13.4. The van der Waals surface area contributed by atoms with E-state index in [1.165, 1.54) is 17.8 Å². The minimum absolute atomic E-state index is 0.0162. The Morgan fingerprint density at radius 2 is 2.00 bits per heavy atom. The number of carbonyl (C=O) groups is 2. The average molecular weight is 334 g/mol. The summed E-state index contributed by atoms with van der Waals surface area (Å²) in [6.07, 6.45) is 3.48. The van der Waals surface area contributed by atoms with Crippen molar-refractivity contribution in [1.29, 1.82) is 0 Å². The number of hydrogen-bond acceptors (Lipinski definition) is 3. The molecule has 0 bridgehead atoms. The first-order chi connectivity index (χ1) is 9.43. The van der Waals surface area contributed by atoms with E-state index in [2.05, 4.69) is 5.32 Å². The molecule has 0 spiro atoms. The van der Waals surface area contributed by atoms with Crippen LogP contribution in [-0.2, 0) is 4.79 Å². The third-order valence-corrected chi connectivity index (χ3v) is 4.65. The Morgan fingerprint density at radius 3 is 2.50 bits per heavy atom. The highest BCUT2D eigenvalue weighted by Gasteiger charge is 2.37. The van der Waals surface area contributed by atoms with E-state index >= 15 is 0 Å². The summed E-state index contributed by atoms with van der Waals surface area (Å²) in [7, 11) is 0. The molecule has 1 saturated carbocycles. The molecule has 2 rings (SSSR count). The molecule has 2 N–H and O–H groups in total. The zero-order valence-electron chi connectivity index (χ0n) is 10.7. The quantitative estimate of drug-likeness (QED) is 0.811. The third kappa shape index (κ3) is 3.40. The van der Waals surface area contributed by atoms with Gasteiger partial charge in [0.1, 0.15) is 6.04 Å². The molecule has 1 unspecified atom stereocenters. The molecule has 1 fully saturated rings. The van der Waals surface area contributed by atoms with E-state index in [0.29, 0.717) is 5.02 Å². The fourth-order valence-corrected chi connectivity index (χ4v) is 3.08. The summed E-state index contributed by atoms with van der Waals surface area (Å²) in [5, 5.41) is 12.3. The molecule has 1 aliphatic rings. The maximum atomic E-state index is 12.2. The molecular formula is C13H13Cl2NO3S. The monoisotopic (exact) mass is 333 g/mol. The first-order valence-electron chi connectivity index (χ1n) is 6.00. The zero-order valence-corrected chi connectivity index (χ0v) is 13.0. The summed E-state index contributed by atoms with van der Waals surface area (Å²) in [6, 6.07) is 2.22. The Morgan fingerprint density at radius 1 is 1.35 bits per heavy atom. The molecule has 0 aliphatic heterocycles. The summed E-state index contributed by atoms with van der Waals surface area (Å²) in [4.78, 5) is 24.0. The van der Waals surface area contributed by atoms with E-state index in [1.807, 2.05) is 6.26 Å². The fraction of sp³-hybridized carbons (Fsp3) is 0.385. The summed E-state index contributed by atoms with van der Waals surface area (Å²) in [5.41, 5.74) is 0.243. The maximum Gasteiger partial charge on any atom is 0.326 e. The Hall–Kier alpha value is -0.910. The van der Waals surface area contributed by atoms with Crippen molar-refractivity contribution >= 4 is 46.8 Å². The molecule has 1 aromatic carbocycles. The molecule has 1 atom stereocenters. The van der Waals surface area contributed by atoms with Gasteiger partial charge in [0.2, 0.25) is 0 Å². The van der Waals surface area contributed by atoms with Crippen LogP contribution in [-0.4, -0.2) is 29.3 Å². The van der Waals surface area contributed by atoms with Crippen LogP contribution in [0.2, 0.25) is 10.0 Å². The van der Waals surface area contributed by atoms with Gasteiger partial charge in [-0.15, -0.1) is 11.8 Å². The molecule has 0 saturated heterocycles. The molecule has 20 heavy (non-hydrogen) atoms. The van der Waals surface area contributed by atoms with Gasteiger partial charge in [-0.3, -0.25) is 4.79 Å².